The molecule has 132 valence electrons. The highest BCUT2D eigenvalue weighted by Gasteiger charge is 2.09. The van der Waals surface area contributed by atoms with Crippen LogP contribution in [0.15, 0.2) is 97.1 Å². The molecule has 0 N–H and O–H groups in total. The Morgan fingerprint density at radius 3 is 1.89 bits per heavy atom. The van der Waals surface area contributed by atoms with Crippen molar-refractivity contribution in [3.8, 4) is 22.3 Å². The zero-order valence-electron chi connectivity index (χ0n) is 15.9. The van der Waals surface area contributed by atoms with Gasteiger partial charge in [0.25, 0.3) is 0 Å². The van der Waals surface area contributed by atoms with E-state index in [-0.39, 0.29) is 0 Å². The van der Waals surface area contributed by atoms with Crippen molar-refractivity contribution in [2.24, 2.45) is 0 Å². The number of hydrogen-bond acceptors (Lipinski definition) is 0. The van der Waals surface area contributed by atoms with Crippen molar-refractivity contribution < 1.29 is 0 Å². The fourth-order valence-electron chi connectivity index (χ4n) is 3.78. The first-order valence-electron chi connectivity index (χ1n) is 9.51. The molecule has 0 aliphatic heterocycles. The fourth-order valence-corrected chi connectivity index (χ4v) is 3.78. The lowest BCUT2D eigenvalue weighted by Crippen LogP contribution is -1.93. The van der Waals surface area contributed by atoms with Gasteiger partial charge in [0.2, 0.25) is 0 Å². The second-order valence-electron chi connectivity index (χ2n) is 7.16. The summed E-state index contributed by atoms with van der Waals surface area (Å²) in [6, 6.07) is 34.9. The lowest BCUT2D eigenvalue weighted by Gasteiger charge is -2.14. The summed E-state index contributed by atoms with van der Waals surface area (Å²) in [5, 5.41) is 0. The van der Waals surface area contributed by atoms with E-state index in [1.54, 1.807) is 0 Å². The monoisotopic (exact) mass is 348 g/mol. The molecule has 0 unspecified atom stereocenters. The van der Waals surface area contributed by atoms with Crippen LogP contribution in [-0.2, 0) is 6.42 Å². The quantitative estimate of drug-likeness (QED) is 0.365. The molecule has 0 aliphatic rings. The van der Waals surface area contributed by atoms with E-state index in [0.717, 1.165) is 6.42 Å². The van der Waals surface area contributed by atoms with Crippen LogP contribution in [0.25, 0.3) is 22.3 Å². The Morgan fingerprint density at radius 2 is 1.15 bits per heavy atom. The molecule has 4 rings (SSSR count). The summed E-state index contributed by atoms with van der Waals surface area (Å²) in [4.78, 5) is 0. The first-order valence-corrected chi connectivity index (χ1v) is 9.51. The molecule has 0 atom stereocenters. The number of benzene rings is 4. The molecular weight excluding hydrogens is 324 g/mol. The summed E-state index contributed by atoms with van der Waals surface area (Å²) >= 11 is 0. The molecule has 0 heterocycles. The molecule has 27 heavy (non-hydrogen) atoms. The van der Waals surface area contributed by atoms with Gasteiger partial charge in [-0.25, -0.2) is 0 Å². The summed E-state index contributed by atoms with van der Waals surface area (Å²) in [5.41, 5.74) is 10.6. The van der Waals surface area contributed by atoms with Gasteiger partial charge in [-0.05, 0) is 64.8 Å². The third-order valence-corrected chi connectivity index (χ3v) is 5.23. The molecule has 0 aliphatic carbocycles. The summed E-state index contributed by atoms with van der Waals surface area (Å²) in [6.07, 6.45) is 0.954. The molecule has 4 aromatic carbocycles. The fraction of sp³-hybridized carbons (Fsp3) is 0.111. The van der Waals surface area contributed by atoms with E-state index in [1.807, 2.05) is 0 Å². The minimum atomic E-state index is 0.954. The second kappa shape index (κ2) is 7.63. The van der Waals surface area contributed by atoms with E-state index < -0.39 is 0 Å². The summed E-state index contributed by atoms with van der Waals surface area (Å²) in [5.74, 6) is 0. The maximum atomic E-state index is 2.33. The molecule has 0 heteroatoms. The van der Waals surface area contributed by atoms with Crippen molar-refractivity contribution >= 4 is 0 Å². The predicted molar refractivity (Wildman–Crippen MR) is 116 cm³/mol. The molecule has 0 fully saturated rings. The highest BCUT2D eigenvalue weighted by molar-refractivity contribution is 5.76. The Bertz CT molecular complexity index is 1060. The van der Waals surface area contributed by atoms with Gasteiger partial charge in [0, 0.05) is 0 Å². The number of aryl methyl sites for hydroxylation is 2. The Labute approximate surface area is 162 Å². The van der Waals surface area contributed by atoms with Gasteiger partial charge in [0.1, 0.15) is 0 Å². The lowest BCUT2D eigenvalue weighted by molar-refractivity contribution is 1.19. The van der Waals surface area contributed by atoms with E-state index in [9.17, 15) is 0 Å². The van der Waals surface area contributed by atoms with Crippen molar-refractivity contribution in [3.63, 3.8) is 0 Å². The maximum absolute atomic E-state index is 2.33. The zero-order chi connectivity index (χ0) is 18.6. The Hall–Kier alpha value is -3.12. The highest BCUT2D eigenvalue weighted by Crippen LogP contribution is 2.32. The largest absolute Gasteiger partial charge is 0.0622 e. The SMILES string of the molecule is Cc1ccccc1-c1ccc(-c2ccccc2Cc2ccccc2)cc1C. The van der Waals surface area contributed by atoms with Crippen molar-refractivity contribution in [3.05, 3.63) is 119 Å². The van der Waals surface area contributed by atoms with Crippen LogP contribution in [0.2, 0.25) is 0 Å². The van der Waals surface area contributed by atoms with Gasteiger partial charge < -0.3 is 0 Å². The second-order valence-corrected chi connectivity index (χ2v) is 7.16. The van der Waals surface area contributed by atoms with Crippen molar-refractivity contribution in [1.29, 1.82) is 0 Å². The van der Waals surface area contributed by atoms with Gasteiger partial charge in [0.05, 0.1) is 0 Å². The zero-order valence-corrected chi connectivity index (χ0v) is 15.9. The molecule has 0 amide bonds. The summed E-state index contributed by atoms with van der Waals surface area (Å²) in [7, 11) is 0. The molecular formula is C27H24. The van der Waals surface area contributed by atoms with Crippen molar-refractivity contribution in [1.82, 2.24) is 0 Å². The van der Waals surface area contributed by atoms with Gasteiger partial charge in [-0.15, -0.1) is 0 Å². The van der Waals surface area contributed by atoms with Gasteiger partial charge in [-0.1, -0.05) is 97.1 Å². The topological polar surface area (TPSA) is 0 Å². The van der Waals surface area contributed by atoms with Crippen LogP contribution in [0.3, 0.4) is 0 Å². The Morgan fingerprint density at radius 1 is 0.519 bits per heavy atom. The van der Waals surface area contributed by atoms with E-state index in [4.69, 9.17) is 0 Å². The first-order chi connectivity index (χ1) is 13.2. The van der Waals surface area contributed by atoms with E-state index in [0.29, 0.717) is 0 Å². The molecule has 0 spiro atoms. The molecule has 0 saturated carbocycles. The molecule has 0 aromatic heterocycles. The third-order valence-electron chi connectivity index (χ3n) is 5.23. The van der Waals surface area contributed by atoms with Crippen LogP contribution in [-0.4, -0.2) is 0 Å². The molecule has 0 bridgehead atoms. The molecule has 0 saturated heterocycles. The maximum Gasteiger partial charge on any atom is -0.00196 e. The standard InChI is InChI=1S/C27H24/c1-20-10-6-8-14-25(20)26-17-16-24(18-21(26)2)27-15-9-7-13-23(27)19-22-11-4-3-5-12-22/h3-18H,19H2,1-2H3. The predicted octanol–water partition coefficient (Wildman–Crippen LogP) is 7.23. The number of rotatable bonds is 4. The smallest absolute Gasteiger partial charge is 0.00196 e. The van der Waals surface area contributed by atoms with Gasteiger partial charge in [-0.3, -0.25) is 0 Å². The van der Waals surface area contributed by atoms with Crippen molar-refractivity contribution in [2.45, 2.75) is 20.3 Å². The van der Waals surface area contributed by atoms with Crippen LogP contribution in [0.5, 0.6) is 0 Å². The number of hydrogen-bond donors (Lipinski definition) is 0. The third kappa shape index (κ3) is 3.71. The first kappa shape index (κ1) is 17.3. The average molecular weight is 348 g/mol. The van der Waals surface area contributed by atoms with E-state index in [1.165, 1.54) is 44.5 Å². The van der Waals surface area contributed by atoms with Crippen LogP contribution in [0, 0.1) is 13.8 Å². The molecule has 4 aromatic rings. The van der Waals surface area contributed by atoms with Gasteiger partial charge in [-0.2, -0.15) is 0 Å². The lowest BCUT2D eigenvalue weighted by atomic mass is 9.90. The van der Waals surface area contributed by atoms with Crippen LogP contribution in [0.4, 0.5) is 0 Å². The summed E-state index contributed by atoms with van der Waals surface area (Å²) in [6.45, 7) is 4.39. The minimum absolute atomic E-state index is 0.954. The van der Waals surface area contributed by atoms with Crippen molar-refractivity contribution in [2.75, 3.05) is 0 Å². The minimum Gasteiger partial charge on any atom is -0.0622 e. The van der Waals surface area contributed by atoms with Gasteiger partial charge in [0.15, 0.2) is 0 Å². The van der Waals surface area contributed by atoms with E-state index in [2.05, 4.69) is 111 Å². The van der Waals surface area contributed by atoms with Crippen LogP contribution >= 0.6 is 0 Å². The normalized spacial score (nSPS) is 10.7. The summed E-state index contributed by atoms with van der Waals surface area (Å²) < 4.78 is 0. The van der Waals surface area contributed by atoms with Crippen LogP contribution < -0.4 is 0 Å². The molecule has 0 nitrogen and oxygen atoms in total. The Kier molecular flexibility index (Phi) is 4.89. The Balaban J connectivity index is 1.73. The van der Waals surface area contributed by atoms with Crippen LogP contribution in [0.1, 0.15) is 22.3 Å². The molecule has 0 radical (unpaired) electrons. The van der Waals surface area contributed by atoms with Gasteiger partial charge >= 0.3 is 0 Å². The highest BCUT2D eigenvalue weighted by atomic mass is 14.1. The van der Waals surface area contributed by atoms with E-state index >= 15 is 0 Å². The average Bonchev–Trinajstić information content (AvgIpc) is 2.70.